The first-order chi connectivity index (χ1) is 9.06. The van der Waals surface area contributed by atoms with Gasteiger partial charge in [0.05, 0.1) is 12.6 Å². The molecule has 19 heavy (non-hydrogen) atoms. The maximum Gasteiger partial charge on any atom is 0.140 e. The summed E-state index contributed by atoms with van der Waals surface area (Å²) in [5.41, 5.74) is 0. The van der Waals surface area contributed by atoms with Crippen molar-refractivity contribution in [3.05, 3.63) is 28.2 Å². The summed E-state index contributed by atoms with van der Waals surface area (Å²) in [6.45, 7) is 10.2. The number of hydrogen-bond donors (Lipinski definition) is 1. The van der Waals surface area contributed by atoms with Crippen LogP contribution in [-0.2, 0) is 13.1 Å². The predicted octanol–water partition coefficient (Wildman–Crippen LogP) is 2.55. The molecule has 0 aliphatic carbocycles. The quantitative estimate of drug-likeness (QED) is 0.883. The zero-order chi connectivity index (χ0) is 13.8. The van der Waals surface area contributed by atoms with Gasteiger partial charge in [0.25, 0.3) is 0 Å². The van der Waals surface area contributed by atoms with Crippen LogP contribution in [0.5, 0.6) is 0 Å². The largest absolute Gasteiger partial charge is 0.301 e. The number of aryl methyl sites for hydroxylation is 1. The second-order valence-corrected chi connectivity index (χ2v) is 6.43. The van der Waals surface area contributed by atoms with Crippen LogP contribution in [0.3, 0.4) is 0 Å². The van der Waals surface area contributed by atoms with Gasteiger partial charge in [0, 0.05) is 17.6 Å². The third kappa shape index (κ3) is 3.84. The minimum atomic E-state index is 0.239. The third-order valence-corrected chi connectivity index (χ3v) is 3.91. The first-order valence-electron chi connectivity index (χ1n) is 6.58. The molecule has 0 amide bonds. The highest BCUT2D eigenvalue weighted by molar-refractivity contribution is 7.11. The molecule has 5 nitrogen and oxygen atoms in total. The summed E-state index contributed by atoms with van der Waals surface area (Å²) in [5, 5.41) is 8.83. The van der Waals surface area contributed by atoms with E-state index >= 15 is 0 Å². The molecule has 6 heteroatoms. The first kappa shape index (κ1) is 14.1. The van der Waals surface area contributed by atoms with E-state index in [1.165, 1.54) is 4.88 Å². The van der Waals surface area contributed by atoms with E-state index < -0.39 is 0 Å². The lowest BCUT2D eigenvalue weighted by molar-refractivity contribution is 0.449. The van der Waals surface area contributed by atoms with Crippen molar-refractivity contribution in [3.8, 4) is 0 Å². The van der Waals surface area contributed by atoms with Gasteiger partial charge in [-0.25, -0.2) is 14.6 Å². The summed E-state index contributed by atoms with van der Waals surface area (Å²) in [4.78, 5) is 9.95. The molecule has 0 radical (unpaired) electrons. The van der Waals surface area contributed by atoms with E-state index in [9.17, 15) is 0 Å². The van der Waals surface area contributed by atoms with Crippen LogP contribution >= 0.6 is 11.3 Å². The zero-order valence-corrected chi connectivity index (χ0v) is 12.7. The highest BCUT2D eigenvalue weighted by Crippen LogP contribution is 2.19. The van der Waals surface area contributed by atoms with Crippen molar-refractivity contribution in [1.29, 1.82) is 0 Å². The van der Waals surface area contributed by atoms with E-state index in [1.807, 2.05) is 10.9 Å². The standard InChI is InChI=1S/C13H21N5S/c1-9(2)7-18-12(16-8-17-18)6-14-11(4)13-15-5-10(3)19-13/h5,8-9,11,14H,6-7H2,1-4H3. The van der Waals surface area contributed by atoms with Crippen molar-refractivity contribution in [2.24, 2.45) is 5.92 Å². The Labute approximate surface area is 118 Å². The van der Waals surface area contributed by atoms with E-state index in [1.54, 1.807) is 17.7 Å². The van der Waals surface area contributed by atoms with Gasteiger partial charge in [-0.3, -0.25) is 0 Å². The molecular formula is C13H21N5S. The molecule has 0 spiro atoms. The van der Waals surface area contributed by atoms with Gasteiger partial charge < -0.3 is 5.32 Å². The van der Waals surface area contributed by atoms with Crippen molar-refractivity contribution in [3.63, 3.8) is 0 Å². The van der Waals surface area contributed by atoms with Crippen LogP contribution in [0.15, 0.2) is 12.5 Å². The molecule has 104 valence electrons. The van der Waals surface area contributed by atoms with Gasteiger partial charge in [0.2, 0.25) is 0 Å². The van der Waals surface area contributed by atoms with E-state index in [4.69, 9.17) is 0 Å². The van der Waals surface area contributed by atoms with Crippen molar-refractivity contribution < 1.29 is 0 Å². The second kappa shape index (κ2) is 6.25. The molecule has 1 unspecified atom stereocenters. The fraction of sp³-hybridized carbons (Fsp3) is 0.615. The summed E-state index contributed by atoms with van der Waals surface area (Å²) in [6.07, 6.45) is 3.54. The molecule has 0 saturated carbocycles. The normalized spacial score (nSPS) is 13.1. The Morgan fingerprint density at radius 3 is 2.74 bits per heavy atom. The van der Waals surface area contributed by atoms with Gasteiger partial charge >= 0.3 is 0 Å². The Morgan fingerprint density at radius 1 is 1.32 bits per heavy atom. The topological polar surface area (TPSA) is 55.6 Å². The summed E-state index contributed by atoms with van der Waals surface area (Å²) < 4.78 is 1.97. The summed E-state index contributed by atoms with van der Waals surface area (Å²) in [6, 6.07) is 0.239. The molecule has 0 aliphatic heterocycles. The molecule has 1 N–H and O–H groups in total. The molecular weight excluding hydrogens is 258 g/mol. The molecule has 0 aromatic carbocycles. The van der Waals surface area contributed by atoms with Gasteiger partial charge in [0.15, 0.2) is 0 Å². The Kier molecular flexibility index (Phi) is 4.66. The van der Waals surface area contributed by atoms with Crippen LogP contribution < -0.4 is 5.32 Å². The van der Waals surface area contributed by atoms with Crippen molar-refractivity contribution in [2.45, 2.75) is 46.8 Å². The maximum atomic E-state index is 4.40. The molecule has 2 aromatic heterocycles. The van der Waals surface area contributed by atoms with Gasteiger partial charge in [-0.05, 0) is 19.8 Å². The van der Waals surface area contributed by atoms with Crippen molar-refractivity contribution >= 4 is 11.3 Å². The van der Waals surface area contributed by atoms with E-state index in [0.29, 0.717) is 12.5 Å². The SMILES string of the molecule is Cc1cnc(C(C)NCc2ncnn2CC(C)C)s1. The predicted molar refractivity (Wildman–Crippen MR) is 77.0 cm³/mol. The number of nitrogens with zero attached hydrogens (tertiary/aromatic N) is 4. The molecule has 2 aromatic rings. The average molecular weight is 279 g/mol. The summed E-state index contributed by atoms with van der Waals surface area (Å²) in [5.74, 6) is 1.55. The zero-order valence-electron chi connectivity index (χ0n) is 11.9. The number of rotatable bonds is 6. The molecule has 1 atom stereocenters. The third-order valence-electron chi connectivity index (χ3n) is 2.81. The lowest BCUT2D eigenvalue weighted by Gasteiger charge is -2.12. The van der Waals surface area contributed by atoms with Crippen LogP contribution in [-0.4, -0.2) is 19.7 Å². The Hall–Kier alpha value is -1.27. The van der Waals surface area contributed by atoms with Crippen LogP contribution in [0.4, 0.5) is 0 Å². The Morgan fingerprint density at radius 2 is 2.11 bits per heavy atom. The van der Waals surface area contributed by atoms with Crippen LogP contribution in [0.2, 0.25) is 0 Å². The summed E-state index contributed by atoms with van der Waals surface area (Å²) in [7, 11) is 0. The Balaban J connectivity index is 1.93. The average Bonchev–Trinajstić information content (AvgIpc) is 2.95. The Bertz CT molecular complexity index is 517. The lowest BCUT2D eigenvalue weighted by atomic mass is 10.2. The minimum absolute atomic E-state index is 0.239. The fourth-order valence-electron chi connectivity index (χ4n) is 1.83. The number of hydrogen-bond acceptors (Lipinski definition) is 5. The van der Waals surface area contributed by atoms with Crippen LogP contribution in [0, 0.1) is 12.8 Å². The minimum Gasteiger partial charge on any atom is -0.301 e. The maximum absolute atomic E-state index is 4.40. The van der Waals surface area contributed by atoms with E-state index in [0.717, 1.165) is 17.4 Å². The molecule has 0 saturated heterocycles. The molecule has 0 bridgehead atoms. The lowest BCUT2D eigenvalue weighted by Crippen LogP contribution is -2.21. The van der Waals surface area contributed by atoms with Crippen LogP contribution in [0.1, 0.15) is 42.5 Å². The van der Waals surface area contributed by atoms with E-state index in [2.05, 4.69) is 48.1 Å². The monoisotopic (exact) mass is 279 g/mol. The van der Waals surface area contributed by atoms with Gasteiger partial charge in [-0.2, -0.15) is 5.10 Å². The molecule has 2 heterocycles. The molecule has 0 fully saturated rings. The van der Waals surface area contributed by atoms with Gasteiger partial charge in [-0.15, -0.1) is 11.3 Å². The van der Waals surface area contributed by atoms with Crippen molar-refractivity contribution in [1.82, 2.24) is 25.1 Å². The smallest absolute Gasteiger partial charge is 0.140 e. The number of thiazole rings is 1. The fourth-order valence-corrected chi connectivity index (χ4v) is 2.63. The highest BCUT2D eigenvalue weighted by Gasteiger charge is 2.11. The number of aromatic nitrogens is 4. The molecule has 2 rings (SSSR count). The van der Waals surface area contributed by atoms with Gasteiger partial charge in [-0.1, -0.05) is 13.8 Å². The summed E-state index contributed by atoms with van der Waals surface area (Å²) >= 11 is 1.73. The van der Waals surface area contributed by atoms with Crippen LogP contribution in [0.25, 0.3) is 0 Å². The molecule has 0 aliphatic rings. The second-order valence-electron chi connectivity index (χ2n) is 5.16. The first-order valence-corrected chi connectivity index (χ1v) is 7.40. The van der Waals surface area contributed by atoms with Gasteiger partial charge in [0.1, 0.15) is 17.2 Å². The van der Waals surface area contributed by atoms with Crippen molar-refractivity contribution in [2.75, 3.05) is 0 Å². The number of nitrogens with one attached hydrogen (secondary N) is 1. The highest BCUT2D eigenvalue weighted by atomic mass is 32.1. The van der Waals surface area contributed by atoms with E-state index in [-0.39, 0.29) is 6.04 Å².